The molecule has 1 fully saturated rings. The lowest BCUT2D eigenvalue weighted by Crippen LogP contribution is -2.44. The minimum Gasteiger partial charge on any atom is -0.316 e. The van der Waals surface area contributed by atoms with Crippen molar-refractivity contribution in [3.8, 4) is 0 Å². The van der Waals surface area contributed by atoms with Crippen LogP contribution < -0.4 is 10.0 Å². The van der Waals surface area contributed by atoms with Crippen molar-refractivity contribution in [1.29, 1.82) is 0 Å². The van der Waals surface area contributed by atoms with Crippen molar-refractivity contribution in [3.05, 3.63) is 28.0 Å². The molecule has 1 aliphatic rings. The van der Waals surface area contributed by atoms with Gasteiger partial charge in [-0.15, -0.1) is 0 Å². The Morgan fingerprint density at radius 3 is 2.52 bits per heavy atom. The summed E-state index contributed by atoms with van der Waals surface area (Å²) in [5, 5.41) is 2.79. The Morgan fingerprint density at radius 1 is 1.38 bits per heavy atom. The van der Waals surface area contributed by atoms with E-state index in [0.717, 1.165) is 38.1 Å². The first-order valence-corrected chi connectivity index (χ1v) is 8.93. The molecule has 1 aromatic rings. The van der Waals surface area contributed by atoms with Crippen LogP contribution in [0.2, 0.25) is 10.0 Å². The number of benzene rings is 1. The average molecular weight is 355 g/mol. The topological polar surface area (TPSA) is 58.2 Å². The third-order valence-corrected chi connectivity index (χ3v) is 6.09. The minimum atomic E-state index is -3.90. The Morgan fingerprint density at radius 2 is 2.00 bits per heavy atom. The van der Waals surface area contributed by atoms with Gasteiger partial charge in [0, 0.05) is 6.04 Å². The first kappa shape index (κ1) is 17.0. The van der Waals surface area contributed by atoms with Gasteiger partial charge in [0.15, 0.2) is 0 Å². The van der Waals surface area contributed by atoms with Gasteiger partial charge in [0.2, 0.25) is 10.0 Å². The van der Waals surface area contributed by atoms with Gasteiger partial charge in [-0.1, -0.05) is 23.2 Å². The van der Waals surface area contributed by atoms with Crippen LogP contribution in [0.15, 0.2) is 17.0 Å². The molecule has 8 heteroatoms. The van der Waals surface area contributed by atoms with E-state index in [-0.39, 0.29) is 26.9 Å². The van der Waals surface area contributed by atoms with Crippen LogP contribution in [0.5, 0.6) is 0 Å². The Labute approximate surface area is 134 Å². The zero-order chi connectivity index (χ0) is 15.6. The maximum atomic E-state index is 13.2. The van der Waals surface area contributed by atoms with E-state index in [9.17, 15) is 12.8 Å². The molecule has 21 heavy (non-hydrogen) atoms. The van der Waals surface area contributed by atoms with Crippen LogP contribution >= 0.6 is 23.2 Å². The zero-order valence-corrected chi connectivity index (χ0v) is 13.8. The van der Waals surface area contributed by atoms with Gasteiger partial charge in [-0.2, -0.15) is 0 Å². The van der Waals surface area contributed by atoms with Gasteiger partial charge in [-0.05, 0) is 50.9 Å². The van der Waals surface area contributed by atoms with Crippen LogP contribution in [0, 0.1) is 11.7 Å². The van der Waals surface area contributed by atoms with Crippen LogP contribution in [0.25, 0.3) is 0 Å². The number of piperidine rings is 1. The molecule has 0 amide bonds. The molecule has 2 unspecified atom stereocenters. The molecule has 2 N–H and O–H groups in total. The number of hydrogen-bond acceptors (Lipinski definition) is 3. The van der Waals surface area contributed by atoms with E-state index in [2.05, 4.69) is 10.0 Å². The lowest BCUT2D eigenvalue weighted by molar-refractivity contribution is 0.320. The van der Waals surface area contributed by atoms with Crippen LogP contribution in [0.1, 0.15) is 19.8 Å². The molecule has 118 valence electrons. The third-order valence-electron chi connectivity index (χ3n) is 3.61. The second-order valence-corrected chi connectivity index (χ2v) is 7.68. The molecule has 4 nitrogen and oxygen atoms in total. The van der Waals surface area contributed by atoms with E-state index in [0.29, 0.717) is 0 Å². The fourth-order valence-corrected chi connectivity index (χ4v) is 4.99. The molecule has 1 heterocycles. The number of nitrogens with one attached hydrogen (secondary N) is 2. The quantitative estimate of drug-likeness (QED) is 0.873. The molecule has 0 aromatic heterocycles. The molecule has 1 saturated heterocycles. The first-order valence-electron chi connectivity index (χ1n) is 6.69. The number of halogens is 3. The first-order chi connectivity index (χ1) is 9.81. The lowest BCUT2D eigenvalue weighted by Gasteiger charge is -2.28. The molecule has 0 saturated carbocycles. The van der Waals surface area contributed by atoms with Crippen molar-refractivity contribution in [2.24, 2.45) is 5.92 Å². The molecule has 0 aliphatic carbocycles. The SMILES string of the molecule is CC(NS(=O)(=O)c1c(Cl)cc(F)cc1Cl)C1CCCNC1. The normalized spacial score (nSPS) is 21.2. The Balaban J connectivity index is 2.22. The maximum Gasteiger partial charge on any atom is 0.243 e. The highest BCUT2D eigenvalue weighted by Gasteiger charge is 2.28. The molecule has 0 radical (unpaired) electrons. The summed E-state index contributed by atoms with van der Waals surface area (Å²) < 4.78 is 40.6. The number of sulfonamides is 1. The number of hydrogen-bond donors (Lipinski definition) is 2. The lowest BCUT2D eigenvalue weighted by atomic mass is 9.94. The molecule has 2 rings (SSSR count). The van der Waals surface area contributed by atoms with Gasteiger partial charge in [0.1, 0.15) is 10.7 Å². The molecule has 1 aromatic carbocycles. The van der Waals surface area contributed by atoms with Gasteiger partial charge in [0.05, 0.1) is 10.0 Å². The van der Waals surface area contributed by atoms with Crippen molar-refractivity contribution in [3.63, 3.8) is 0 Å². The van der Waals surface area contributed by atoms with Crippen molar-refractivity contribution in [2.45, 2.75) is 30.7 Å². The van der Waals surface area contributed by atoms with E-state index in [1.807, 2.05) is 0 Å². The Bertz CT molecular complexity index is 596. The number of rotatable bonds is 4. The van der Waals surface area contributed by atoms with Crippen molar-refractivity contribution < 1.29 is 12.8 Å². The van der Waals surface area contributed by atoms with Gasteiger partial charge in [-0.3, -0.25) is 0 Å². The van der Waals surface area contributed by atoms with Crippen molar-refractivity contribution in [2.75, 3.05) is 13.1 Å². The zero-order valence-electron chi connectivity index (χ0n) is 11.5. The maximum absolute atomic E-state index is 13.2. The highest BCUT2D eigenvalue weighted by molar-refractivity contribution is 7.89. The van der Waals surface area contributed by atoms with E-state index >= 15 is 0 Å². The second kappa shape index (κ2) is 6.79. The highest BCUT2D eigenvalue weighted by atomic mass is 35.5. The van der Waals surface area contributed by atoms with Crippen LogP contribution in [0.3, 0.4) is 0 Å². The summed E-state index contributed by atoms with van der Waals surface area (Å²) in [5.41, 5.74) is 0. The molecule has 2 atom stereocenters. The largest absolute Gasteiger partial charge is 0.316 e. The highest BCUT2D eigenvalue weighted by Crippen LogP contribution is 2.31. The molecule has 0 bridgehead atoms. The predicted molar refractivity (Wildman–Crippen MR) is 81.8 cm³/mol. The van der Waals surface area contributed by atoms with Gasteiger partial charge in [0.25, 0.3) is 0 Å². The van der Waals surface area contributed by atoms with Crippen LogP contribution in [0.4, 0.5) is 4.39 Å². The third kappa shape index (κ3) is 4.07. The fraction of sp³-hybridized carbons (Fsp3) is 0.538. The summed E-state index contributed by atoms with van der Waals surface area (Å²) in [6.07, 6.45) is 1.95. The van der Waals surface area contributed by atoms with Crippen LogP contribution in [-0.4, -0.2) is 27.5 Å². The summed E-state index contributed by atoms with van der Waals surface area (Å²) in [5.74, 6) is -0.472. The van der Waals surface area contributed by atoms with Gasteiger partial charge in [-0.25, -0.2) is 17.5 Å². The molecule has 1 aliphatic heterocycles. The molecule has 0 spiro atoms. The fourth-order valence-electron chi connectivity index (χ4n) is 2.49. The van der Waals surface area contributed by atoms with E-state index in [1.165, 1.54) is 0 Å². The summed E-state index contributed by atoms with van der Waals surface area (Å²) in [6, 6.07) is 1.61. The van der Waals surface area contributed by atoms with E-state index < -0.39 is 15.8 Å². The average Bonchev–Trinajstić information content (AvgIpc) is 2.37. The molecular weight excluding hydrogens is 338 g/mol. The van der Waals surface area contributed by atoms with Crippen LogP contribution in [-0.2, 0) is 10.0 Å². The second-order valence-electron chi connectivity index (χ2n) is 5.21. The van der Waals surface area contributed by atoms with E-state index in [4.69, 9.17) is 23.2 Å². The Kier molecular flexibility index (Phi) is 5.48. The summed E-state index contributed by atoms with van der Waals surface area (Å²) in [6.45, 7) is 3.51. The standard InChI is InChI=1S/C13H17Cl2FN2O2S/c1-8(9-3-2-4-17-7-9)18-21(19,20)13-11(14)5-10(16)6-12(13)15/h5-6,8-9,17-18H,2-4,7H2,1H3. The van der Waals surface area contributed by atoms with Gasteiger partial charge < -0.3 is 5.32 Å². The van der Waals surface area contributed by atoms with E-state index in [1.54, 1.807) is 6.92 Å². The summed E-state index contributed by atoms with van der Waals surface area (Å²) in [4.78, 5) is -0.275. The Hall–Kier alpha value is -0.400. The van der Waals surface area contributed by atoms with Gasteiger partial charge >= 0.3 is 0 Å². The molecular formula is C13H17Cl2FN2O2S. The minimum absolute atomic E-state index is 0.200. The van der Waals surface area contributed by atoms with Crippen molar-refractivity contribution >= 4 is 33.2 Å². The summed E-state index contributed by atoms with van der Waals surface area (Å²) >= 11 is 11.7. The van der Waals surface area contributed by atoms with Crippen molar-refractivity contribution in [1.82, 2.24) is 10.0 Å². The smallest absolute Gasteiger partial charge is 0.243 e. The monoisotopic (exact) mass is 354 g/mol. The summed E-state index contributed by atoms with van der Waals surface area (Å²) in [7, 11) is -3.90. The predicted octanol–water partition coefficient (Wildman–Crippen LogP) is 2.80.